The van der Waals surface area contributed by atoms with Gasteiger partial charge < -0.3 is 4.74 Å². The van der Waals surface area contributed by atoms with E-state index in [9.17, 15) is 0 Å². The topological polar surface area (TPSA) is 44.2 Å². The maximum absolute atomic E-state index is 5.93. The number of nitrogens with zero attached hydrogens (tertiary/aromatic N) is 2. The SMILES string of the molecule is ClOCCCOc1ccc2c(Cl)ncnc2c1. The van der Waals surface area contributed by atoms with Crippen molar-refractivity contribution in [3.05, 3.63) is 29.7 Å². The van der Waals surface area contributed by atoms with Crippen molar-refractivity contribution in [3.63, 3.8) is 0 Å². The van der Waals surface area contributed by atoms with Crippen molar-refractivity contribution >= 4 is 34.4 Å². The molecule has 2 rings (SSSR count). The van der Waals surface area contributed by atoms with Crippen LogP contribution in [0.2, 0.25) is 5.15 Å². The highest BCUT2D eigenvalue weighted by atomic mass is 35.5. The van der Waals surface area contributed by atoms with Gasteiger partial charge in [0.05, 0.1) is 30.6 Å². The smallest absolute Gasteiger partial charge is 0.140 e. The molecule has 0 amide bonds. The quantitative estimate of drug-likeness (QED) is 0.619. The van der Waals surface area contributed by atoms with Crippen LogP contribution in [-0.2, 0) is 4.29 Å². The fourth-order valence-electron chi connectivity index (χ4n) is 1.40. The van der Waals surface area contributed by atoms with Crippen LogP contribution < -0.4 is 4.74 Å². The summed E-state index contributed by atoms with van der Waals surface area (Å²) in [5.41, 5.74) is 0.760. The summed E-state index contributed by atoms with van der Waals surface area (Å²) in [7, 11) is 0. The number of rotatable bonds is 5. The highest BCUT2D eigenvalue weighted by Crippen LogP contribution is 2.23. The molecule has 0 N–H and O–H groups in total. The number of ether oxygens (including phenoxy) is 1. The third-order valence-electron chi connectivity index (χ3n) is 2.19. The second-order valence-electron chi connectivity index (χ2n) is 3.36. The monoisotopic (exact) mass is 272 g/mol. The van der Waals surface area contributed by atoms with Crippen LogP contribution in [0.1, 0.15) is 6.42 Å². The van der Waals surface area contributed by atoms with Crippen LogP contribution in [0.3, 0.4) is 0 Å². The lowest BCUT2D eigenvalue weighted by atomic mass is 10.2. The third kappa shape index (κ3) is 3.19. The van der Waals surface area contributed by atoms with E-state index in [2.05, 4.69) is 14.3 Å². The molecule has 0 aliphatic rings. The standard InChI is InChI=1S/C11H10Cl2N2O2/c12-11-9-3-2-8(16-4-1-5-17-13)6-10(9)14-7-15-11/h2-3,6-7H,1,4-5H2. The molecule has 1 aromatic heterocycles. The Morgan fingerprint density at radius 3 is 2.88 bits per heavy atom. The van der Waals surface area contributed by atoms with E-state index in [4.69, 9.17) is 28.2 Å². The van der Waals surface area contributed by atoms with Crippen LogP contribution in [0.15, 0.2) is 24.5 Å². The summed E-state index contributed by atoms with van der Waals surface area (Å²) in [5.74, 6) is 0.738. The lowest BCUT2D eigenvalue weighted by Gasteiger charge is -2.06. The largest absolute Gasteiger partial charge is 0.493 e. The summed E-state index contributed by atoms with van der Waals surface area (Å²) in [6, 6.07) is 5.49. The number of fused-ring (bicyclic) bond motifs is 1. The van der Waals surface area contributed by atoms with Gasteiger partial charge in [0.1, 0.15) is 17.2 Å². The number of benzene rings is 1. The van der Waals surface area contributed by atoms with Gasteiger partial charge in [-0.2, -0.15) is 0 Å². The first-order chi connectivity index (χ1) is 8.31. The summed E-state index contributed by atoms with van der Waals surface area (Å²) in [6.07, 6.45) is 2.15. The first kappa shape index (κ1) is 12.4. The molecule has 0 spiro atoms. The molecule has 0 aliphatic carbocycles. The lowest BCUT2D eigenvalue weighted by Crippen LogP contribution is -2.00. The molecule has 0 bridgehead atoms. The second-order valence-corrected chi connectivity index (χ2v) is 3.93. The molecule has 0 saturated carbocycles. The van der Waals surface area contributed by atoms with E-state index in [1.807, 2.05) is 18.2 Å². The summed E-state index contributed by atoms with van der Waals surface area (Å²) in [6.45, 7) is 1.00. The normalized spacial score (nSPS) is 10.7. The minimum Gasteiger partial charge on any atom is -0.493 e. The van der Waals surface area contributed by atoms with Gasteiger partial charge in [-0.3, -0.25) is 4.29 Å². The Kier molecular flexibility index (Phi) is 4.36. The number of hydrogen-bond donors (Lipinski definition) is 0. The molecule has 1 heterocycles. The van der Waals surface area contributed by atoms with Crippen molar-refractivity contribution < 1.29 is 9.03 Å². The summed E-state index contributed by atoms with van der Waals surface area (Å²) >= 11 is 11.0. The van der Waals surface area contributed by atoms with E-state index in [0.29, 0.717) is 18.4 Å². The molecule has 0 radical (unpaired) electrons. The Balaban J connectivity index is 2.10. The molecule has 1 aromatic carbocycles. The lowest BCUT2D eigenvalue weighted by molar-refractivity contribution is 0.259. The fraction of sp³-hybridized carbons (Fsp3) is 0.273. The van der Waals surface area contributed by atoms with Crippen molar-refractivity contribution in [2.24, 2.45) is 0 Å². The third-order valence-corrected chi connectivity index (χ3v) is 2.65. The molecule has 4 nitrogen and oxygen atoms in total. The van der Waals surface area contributed by atoms with E-state index in [1.165, 1.54) is 6.33 Å². The molecule has 2 aromatic rings. The Labute approximate surface area is 109 Å². The zero-order chi connectivity index (χ0) is 12.1. The molecule has 90 valence electrons. The molecule has 6 heteroatoms. The molecular weight excluding hydrogens is 263 g/mol. The van der Waals surface area contributed by atoms with Crippen molar-refractivity contribution in [1.29, 1.82) is 0 Å². The predicted octanol–water partition coefficient (Wildman–Crippen LogP) is 3.22. The Hall–Kier alpha value is -1.10. The minimum atomic E-state index is 0.442. The summed E-state index contributed by atoms with van der Waals surface area (Å²) in [4.78, 5) is 8.03. The minimum absolute atomic E-state index is 0.442. The first-order valence-corrected chi connectivity index (χ1v) is 5.76. The number of halogens is 2. The zero-order valence-electron chi connectivity index (χ0n) is 8.90. The zero-order valence-corrected chi connectivity index (χ0v) is 10.4. The fourth-order valence-corrected chi connectivity index (χ4v) is 1.71. The molecule has 0 atom stereocenters. The van der Waals surface area contributed by atoms with Gasteiger partial charge in [0, 0.05) is 17.9 Å². The van der Waals surface area contributed by atoms with Gasteiger partial charge in [-0.05, 0) is 12.1 Å². The van der Waals surface area contributed by atoms with Gasteiger partial charge in [-0.15, -0.1) is 0 Å². The highest BCUT2D eigenvalue weighted by Gasteiger charge is 2.02. The van der Waals surface area contributed by atoms with Crippen LogP contribution in [0.4, 0.5) is 0 Å². The second kappa shape index (κ2) is 6.00. The average molecular weight is 273 g/mol. The van der Waals surface area contributed by atoms with Crippen molar-refractivity contribution in [3.8, 4) is 5.75 Å². The summed E-state index contributed by atoms with van der Waals surface area (Å²) in [5, 5.41) is 1.25. The molecule has 0 fully saturated rings. The van der Waals surface area contributed by atoms with Crippen LogP contribution >= 0.6 is 23.5 Å². The summed E-state index contributed by atoms with van der Waals surface area (Å²) < 4.78 is 9.93. The van der Waals surface area contributed by atoms with Crippen LogP contribution in [0, 0.1) is 0 Å². The van der Waals surface area contributed by atoms with Crippen LogP contribution in [0.25, 0.3) is 10.9 Å². The van der Waals surface area contributed by atoms with E-state index in [-0.39, 0.29) is 0 Å². The van der Waals surface area contributed by atoms with Gasteiger partial charge >= 0.3 is 0 Å². The molecule has 0 unspecified atom stereocenters. The van der Waals surface area contributed by atoms with Crippen LogP contribution in [-0.4, -0.2) is 23.2 Å². The van der Waals surface area contributed by atoms with Gasteiger partial charge in [-0.1, -0.05) is 11.6 Å². The van der Waals surface area contributed by atoms with Crippen LogP contribution in [0.5, 0.6) is 5.75 Å². The van der Waals surface area contributed by atoms with E-state index in [0.717, 1.165) is 23.1 Å². The maximum atomic E-state index is 5.93. The predicted molar refractivity (Wildman–Crippen MR) is 66.5 cm³/mol. The molecule has 17 heavy (non-hydrogen) atoms. The highest BCUT2D eigenvalue weighted by molar-refractivity contribution is 6.34. The Bertz CT molecular complexity index is 508. The van der Waals surface area contributed by atoms with Gasteiger partial charge in [0.25, 0.3) is 0 Å². The number of aromatic nitrogens is 2. The van der Waals surface area contributed by atoms with Crippen molar-refractivity contribution in [2.75, 3.05) is 13.2 Å². The molecule has 0 aliphatic heterocycles. The molecule has 0 saturated heterocycles. The van der Waals surface area contributed by atoms with E-state index >= 15 is 0 Å². The van der Waals surface area contributed by atoms with E-state index < -0.39 is 0 Å². The molecular formula is C11H10Cl2N2O2. The first-order valence-electron chi connectivity index (χ1n) is 5.08. The van der Waals surface area contributed by atoms with E-state index in [1.54, 1.807) is 0 Å². The average Bonchev–Trinajstić information content (AvgIpc) is 2.35. The Morgan fingerprint density at radius 2 is 2.06 bits per heavy atom. The van der Waals surface area contributed by atoms with Gasteiger partial charge in [0.2, 0.25) is 0 Å². The van der Waals surface area contributed by atoms with Crippen molar-refractivity contribution in [2.45, 2.75) is 6.42 Å². The maximum Gasteiger partial charge on any atom is 0.140 e. The Morgan fingerprint density at radius 1 is 1.18 bits per heavy atom. The van der Waals surface area contributed by atoms with Crippen molar-refractivity contribution in [1.82, 2.24) is 9.97 Å². The van der Waals surface area contributed by atoms with Gasteiger partial charge in [0.15, 0.2) is 0 Å². The van der Waals surface area contributed by atoms with Gasteiger partial charge in [-0.25, -0.2) is 9.97 Å². The number of hydrogen-bond acceptors (Lipinski definition) is 4.